The molecule has 0 aliphatic heterocycles. The van der Waals surface area contributed by atoms with Gasteiger partial charge in [0.2, 0.25) is 4.69 Å². The summed E-state index contributed by atoms with van der Waals surface area (Å²) >= 11 is 8.56. The fraction of sp³-hybridized carbons (Fsp3) is 0.125. The summed E-state index contributed by atoms with van der Waals surface area (Å²) in [6, 6.07) is 7.25. The molecule has 1 aromatic rings. The zero-order chi connectivity index (χ0) is 8.27. The summed E-state index contributed by atoms with van der Waals surface area (Å²) in [6.07, 6.45) is 0.389. The van der Waals surface area contributed by atoms with Crippen molar-refractivity contribution in [2.24, 2.45) is 0 Å². The van der Waals surface area contributed by atoms with Crippen molar-refractivity contribution in [3.05, 3.63) is 34.9 Å². The van der Waals surface area contributed by atoms with Crippen LogP contribution in [-0.4, -0.2) is 4.69 Å². The second-order valence-corrected chi connectivity index (χ2v) is 3.48. The number of halogens is 2. The first kappa shape index (κ1) is 8.75. The third kappa shape index (κ3) is 3.04. The number of hydrogen-bond donors (Lipinski definition) is 0. The Morgan fingerprint density at radius 1 is 1.55 bits per heavy atom. The van der Waals surface area contributed by atoms with Crippen LogP contribution in [0.5, 0.6) is 0 Å². The molecular formula is C8H6BrClO. The van der Waals surface area contributed by atoms with Crippen LogP contribution in [0, 0.1) is 0 Å². The third-order valence-electron chi connectivity index (χ3n) is 1.23. The van der Waals surface area contributed by atoms with Gasteiger partial charge in [-0.3, -0.25) is 4.79 Å². The van der Waals surface area contributed by atoms with Crippen LogP contribution in [0.25, 0.3) is 0 Å². The van der Waals surface area contributed by atoms with Crippen LogP contribution in [0.2, 0.25) is 5.02 Å². The van der Waals surface area contributed by atoms with Crippen molar-refractivity contribution in [3.63, 3.8) is 0 Å². The van der Waals surface area contributed by atoms with E-state index in [1.165, 1.54) is 0 Å². The van der Waals surface area contributed by atoms with E-state index >= 15 is 0 Å². The maximum absolute atomic E-state index is 10.6. The van der Waals surface area contributed by atoms with Gasteiger partial charge in [0.15, 0.2) is 0 Å². The van der Waals surface area contributed by atoms with Crippen LogP contribution in [0.4, 0.5) is 0 Å². The van der Waals surface area contributed by atoms with Gasteiger partial charge in [-0.25, -0.2) is 0 Å². The number of rotatable bonds is 2. The lowest BCUT2D eigenvalue weighted by Crippen LogP contribution is -1.91. The van der Waals surface area contributed by atoms with Crippen molar-refractivity contribution >= 4 is 32.2 Å². The Hall–Kier alpha value is -0.340. The molecule has 0 fully saturated rings. The van der Waals surface area contributed by atoms with Gasteiger partial charge in [-0.15, -0.1) is 0 Å². The Kier molecular flexibility index (Phi) is 3.09. The third-order valence-corrected chi connectivity index (χ3v) is 1.75. The fourth-order valence-electron chi connectivity index (χ4n) is 0.807. The molecule has 11 heavy (non-hydrogen) atoms. The molecule has 0 heterocycles. The second kappa shape index (κ2) is 3.88. The number of benzene rings is 1. The second-order valence-electron chi connectivity index (χ2n) is 2.16. The van der Waals surface area contributed by atoms with Crippen molar-refractivity contribution in [1.29, 1.82) is 0 Å². The summed E-state index contributed by atoms with van der Waals surface area (Å²) in [5.74, 6) is 0. The highest BCUT2D eigenvalue weighted by molar-refractivity contribution is 9.18. The predicted octanol–water partition coefficient (Wildman–Crippen LogP) is 2.80. The van der Waals surface area contributed by atoms with Gasteiger partial charge in [-0.2, -0.15) is 0 Å². The van der Waals surface area contributed by atoms with E-state index in [4.69, 9.17) is 11.6 Å². The van der Waals surface area contributed by atoms with Gasteiger partial charge in [0, 0.05) is 11.4 Å². The molecule has 0 N–H and O–H groups in total. The molecule has 1 nitrogen and oxygen atoms in total. The molecule has 0 amide bonds. The summed E-state index contributed by atoms with van der Waals surface area (Å²) in [5, 5.41) is 0.663. The summed E-state index contributed by atoms with van der Waals surface area (Å²) in [4.78, 5) is 10.6. The Morgan fingerprint density at radius 3 is 2.82 bits per heavy atom. The summed E-state index contributed by atoms with van der Waals surface area (Å²) in [6.45, 7) is 0. The van der Waals surface area contributed by atoms with Crippen LogP contribution in [0.15, 0.2) is 24.3 Å². The summed E-state index contributed by atoms with van der Waals surface area (Å²) in [5.41, 5.74) is 0.930. The zero-order valence-corrected chi connectivity index (χ0v) is 8.02. The van der Waals surface area contributed by atoms with Crippen molar-refractivity contribution in [1.82, 2.24) is 0 Å². The van der Waals surface area contributed by atoms with E-state index in [9.17, 15) is 4.79 Å². The van der Waals surface area contributed by atoms with E-state index in [-0.39, 0.29) is 4.69 Å². The van der Waals surface area contributed by atoms with Crippen LogP contribution in [-0.2, 0) is 11.2 Å². The van der Waals surface area contributed by atoms with E-state index in [1.807, 2.05) is 12.1 Å². The first-order valence-electron chi connectivity index (χ1n) is 3.11. The molecule has 0 saturated heterocycles. The quantitative estimate of drug-likeness (QED) is 0.718. The summed E-state index contributed by atoms with van der Waals surface area (Å²) in [7, 11) is 0. The van der Waals surface area contributed by atoms with Gasteiger partial charge < -0.3 is 0 Å². The van der Waals surface area contributed by atoms with E-state index < -0.39 is 0 Å². The molecule has 1 aromatic carbocycles. The lowest BCUT2D eigenvalue weighted by molar-refractivity contribution is -0.109. The van der Waals surface area contributed by atoms with E-state index in [1.54, 1.807) is 12.1 Å². The van der Waals surface area contributed by atoms with E-state index in [0.29, 0.717) is 11.4 Å². The van der Waals surface area contributed by atoms with Gasteiger partial charge in [0.1, 0.15) is 0 Å². The minimum Gasteiger partial charge on any atom is -0.286 e. The Morgan fingerprint density at radius 2 is 2.27 bits per heavy atom. The van der Waals surface area contributed by atoms with Gasteiger partial charge in [0.25, 0.3) is 0 Å². The number of hydrogen-bond acceptors (Lipinski definition) is 1. The van der Waals surface area contributed by atoms with Gasteiger partial charge in [-0.1, -0.05) is 23.7 Å². The minimum absolute atomic E-state index is 0.0280. The van der Waals surface area contributed by atoms with Crippen molar-refractivity contribution in [2.75, 3.05) is 0 Å². The molecule has 1 rings (SSSR count). The van der Waals surface area contributed by atoms with Crippen LogP contribution in [0.3, 0.4) is 0 Å². The molecule has 0 aliphatic carbocycles. The maximum atomic E-state index is 10.6. The molecule has 0 unspecified atom stereocenters. The van der Waals surface area contributed by atoms with Crippen LogP contribution >= 0.6 is 27.5 Å². The monoisotopic (exact) mass is 232 g/mol. The van der Waals surface area contributed by atoms with Crippen molar-refractivity contribution in [2.45, 2.75) is 6.42 Å². The van der Waals surface area contributed by atoms with Crippen molar-refractivity contribution < 1.29 is 4.79 Å². The molecular weight excluding hydrogens is 227 g/mol. The highest BCUT2D eigenvalue weighted by atomic mass is 79.9. The van der Waals surface area contributed by atoms with E-state index in [0.717, 1.165) is 5.56 Å². The molecule has 0 atom stereocenters. The average molecular weight is 233 g/mol. The largest absolute Gasteiger partial charge is 0.286 e. The van der Waals surface area contributed by atoms with Gasteiger partial charge >= 0.3 is 0 Å². The molecule has 0 radical (unpaired) electrons. The number of carbonyl (C=O) groups excluding carboxylic acids is 1. The molecule has 0 bridgehead atoms. The fourth-order valence-corrected chi connectivity index (χ4v) is 1.34. The Bertz CT molecular complexity index is 273. The lowest BCUT2D eigenvalue weighted by atomic mass is 10.2. The first-order chi connectivity index (χ1) is 5.18. The molecule has 0 saturated carbocycles. The maximum Gasteiger partial charge on any atom is 0.202 e. The molecule has 3 heteroatoms. The molecule has 0 aromatic heterocycles. The topological polar surface area (TPSA) is 17.1 Å². The average Bonchev–Trinajstić information content (AvgIpc) is 1.85. The van der Waals surface area contributed by atoms with Crippen molar-refractivity contribution in [3.8, 4) is 0 Å². The summed E-state index contributed by atoms with van der Waals surface area (Å²) < 4.78 is -0.0280. The standard InChI is InChI=1S/C8H6BrClO/c9-8(11)5-6-2-1-3-7(10)4-6/h1-4H,5H2. The SMILES string of the molecule is O=C(Br)Cc1cccc(Cl)c1. The molecule has 0 aliphatic rings. The van der Waals surface area contributed by atoms with Crippen LogP contribution in [0.1, 0.15) is 5.56 Å². The highest BCUT2D eigenvalue weighted by Gasteiger charge is 1.98. The normalized spacial score (nSPS) is 9.64. The van der Waals surface area contributed by atoms with Gasteiger partial charge in [-0.05, 0) is 33.6 Å². The zero-order valence-electron chi connectivity index (χ0n) is 5.68. The van der Waals surface area contributed by atoms with E-state index in [2.05, 4.69) is 15.9 Å². The highest BCUT2D eigenvalue weighted by Crippen LogP contribution is 2.11. The first-order valence-corrected chi connectivity index (χ1v) is 4.28. The minimum atomic E-state index is -0.0280. The van der Waals surface area contributed by atoms with Gasteiger partial charge in [0.05, 0.1) is 0 Å². The number of carbonyl (C=O) groups is 1. The predicted molar refractivity (Wildman–Crippen MR) is 49.1 cm³/mol. The molecule has 58 valence electrons. The Balaban J connectivity index is 2.79. The Labute approximate surface area is 78.5 Å². The lowest BCUT2D eigenvalue weighted by Gasteiger charge is -1.95. The molecule has 0 spiro atoms. The van der Waals surface area contributed by atoms with Crippen LogP contribution < -0.4 is 0 Å². The smallest absolute Gasteiger partial charge is 0.202 e.